The number of rotatable bonds is 4. The molecule has 0 atom stereocenters. The molecule has 6 nitrogen and oxygen atoms in total. The summed E-state index contributed by atoms with van der Waals surface area (Å²) in [6.07, 6.45) is 5.40. The molecule has 1 aliphatic carbocycles. The molecule has 2 N–H and O–H groups in total. The number of aromatic amines is 1. The van der Waals surface area contributed by atoms with Crippen LogP contribution in [-0.2, 0) is 6.54 Å². The molecule has 18 heavy (non-hydrogen) atoms. The summed E-state index contributed by atoms with van der Waals surface area (Å²) in [5, 5.41) is 3.10. The van der Waals surface area contributed by atoms with E-state index in [0.29, 0.717) is 18.3 Å². The van der Waals surface area contributed by atoms with Gasteiger partial charge in [-0.2, -0.15) is 0 Å². The SMILES string of the molecule is O=c1cc(NCc2ccncn2)nc(C2CC2)[nH]1. The van der Waals surface area contributed by atoms with Crippen molar-refractivity contribution < 1.29 is 0 Å². The maximum atomic E-state index is 11.5. The topological polar surface area (TPSA) is 83.6 Å². The molecule has 92 valence electrons. The van der Waals surface area contributed by atoms with Crippen LogP contribution in [0.3, 0.4) is 0 Å². The third-order valence-corrected chi connectivity index (χ3v) is 2.82. The number of nitrogens with zero attached hydrogens (tertiary/aromatic N) is 3. The van der Waals surface area contributed by atoms with Gasteiger partial charge in [0.15, 0.2) is 0 Å². The Kier molecular flexibility index (Phi) is 2.76. The molecular weight excluding hydrogens is 230 g/mol. The first-order valence-electron chi connectivity index (χ1n) is 5.91. The van der Waals surface area contributed by atoms with Gasteiger partial charge in [-0.3, -0.25) is 4.79 Å². The molecule has 0 aliphatic heterocycles. The monoisotopic (exact) mass is 243 g/mol. The Labute approximate surface area is 104 Å². The standard InChI is InChI=1S/C12H13N5O/c18-11-5-10(16-12(17-11)8-1-2-8)14-6-9-3-4-13-7-15-9/h3-5,7-8H,1-2,6H2,(H2,14,16,17,18). The maximum absolute atomic E-state index is 11.5. The van der Waals surface area contributed by atoms with E-state index in [4.69, 9.17) is 0 Å². The fraction of sp³-hybridized carbons (Fsp3) is 0.333. The molecule has 1 saturated carbocycles. The van der Waals surface area contributed by atoms with Gasteiger partial charge in [-0.1, -0.05) is 0 Å². The van der Waals surface area contributed by atoms with Gasteiger partial charge in [-0.15, -0.1) is 0 Å². The summed E-state index contributed by atoms with van der Waals surface area (Å²) in [5.74, 6) is 1.81. The number of aromatic nitrogens is 4. The van der Waals surface area contributed by atoms with Gasteiger partial charge in [-0.25, -0.2) is 15.0 Å². The fourth-order valence-corrected chi connectivity index (χ4v) is 1.72. The van der Waals surface area contributed by atoms with Crippen molar-refractivity contribution in [2.24, 2.45) is 0 Å². The van der Waals surface area contributed by atoms with Gasteiger partial charge in [0.25, 0.3) is 5.56 Å². The average Bonchev–Trinajstić information content (AvgIpc) is 3.21. The van der Waals surface area contributed by atoms with Gasteiger partial charge < -0.3 is 10.3 Å². The molecule has 0 radical (unpaired) electrons. The molecule has 1 aliphatic rings. The Morgan fingerprint density at radius 1 is 1.44 bits per heavy atom. The molecule has 0 saturated heterocycles. The van der Waals surface area contributed by atoms with E-state index in [-0.39, 0.29) is 5.56 Å². The maximum Gasteiger partial charge on any atom is 0.252 e. The molecule has 3 rings (SSSR count). The molecule has 0 aromatic carbocycles. The molecule has 0 amide bonds. The van der Waals surface area contributed by atoms with E-state index >= 15 is 0 Å². The van der Waals surface area contributed by atoms with E-state index in [1.165, 1.54) is 12.4 Å². The normalized spacial score (nSPS) is 14.4. The predicted molar refractivity (Wildman–Crippen MR) is 66.2 cm³/mol. The molecular formula is C12H13N5O. The van der Waals surface area contributed by atoms with Crippen LogP contribution >= 0.6 is 0 Å². The lowest BCUT2D eigenvalue weighted by Crippen LogP contribution is -2.13. The van der Waals surface area contributed by atoms with Crippen LogP contribution in [0.2, 0.25) is 0 Å². The number of anilines is 1. The summed E-state index contributed by atoms with van der Waals surface area (Å²) in [6, 6.07) is 3.29. The molecule has 6 heteroatoms. The largest absolute Gasteiger partial charge is 0.364 e. The first-order chi connectivity index (χ1) is 8.81. The number of hydrogen-bond donors (Lipinski definition) is 2. The summed E-state index contributed by atoms with van der Waals surface area (Å²) >= 11 is 0. The van der Waals surface area contributed by atoms with E-state index in [0.717, 1.165) is 24.4 Å². The third kappa shape index (κ3) is 2.53. The zero-order valence-electron chi connectivity index (χ0n) is 9.76. The Hall–Kier alpha value is -2.24. The first kappa shape index (κ1) is 10.9. The Morgan fingerprint density at radius 3 is 3.06 bits per heavy atom. The molecule has 0 spiro atoms. The summed E-state index contributed by atoms with van der Waals surface area (Å²) in [4.78, 5) is 26.6. The Morgan fingerprint density at radius 2 is 2.33 bits per heavy atom. The molecule has 1 fully saturated rings. The van der Waals surface area contributed by atoms with Crippen LogP contribution in [0.25, 0.3) is 0 Å². The van der Waals surface area contributed by atoms with E-state index in [1.54, 1.807) is 6.20 Å². The summed E-state index contributed by atoms with van der Waals surface area (Å²) in [6.45, 7) is 0.531. The van der Waals surface area contributed by atoms with Gasteiger partial charge in [-0.05, 0) is 18.9 Å². The smallest absolute Gasteiger partial charge is 0.252 e. The van der Waals surface area contributed by atoms with Gasteiger partial charge in [0.05, 0.1) is 12.2 Å². The van der Waals surface area contributed by atoms with Crippen molar-refractivity contribution in [1.82, 2.24) is 19.9 Å². The second kappa shape index (κ2) is 4.56. The van der Waals surface area contributed by atoms with Crippen molar-refractivity contribution in [2.45, 2.75) is 25.3 Å². The quantitative estimate of drug-likeness (QED) is 0.838. The van der Waals surface area contributed by atoms with E-state index < -0.39 is 0 Å². The Bertz CT molecular complexity index is 591. The summed E-state index contributed by atoms with van der Waals surface area (Å²) < 4.78 is 0. The second-order valence-electron chi connectivity index (χ2n) is 4.34. The van der Waals surface area contributed by atoms with Crippen LogP contribution in [0.4, 0.5) is 5.82 Å². The molecule has 2 aromatic heterocycles. The minimum Gasteiger partial charge on any atom is -0.364 e. The third-order valence-electron chi connectivity index (χ3n) is 2.82. The van der Waals surface area contributed by atoms with Crippen LogP contribution in [0.15, 0.2) is 29.5 Å². The van der Waals surface area contributed by atoms with E-state index in [9.17, 15) is 4.79 Å². The molecule has 2 aromatic rings. The highest BCUT2D eigenvalue weighted by atomic mass is 16.1. The molecule has 0 bridgehead atoms. The van der Waals surface area contributed by atoms with E-state index in [1.807, 2.05) is 6.07 Å². The van der Waals surface area contributed by atoms with Crippen molar-refractivity contribution in [3.05, 3.63) is 46.5 Å². The van der Waals surface area contributed by atoms with Crippen LogP contribution in [0.5, 0.6) is 0 Å². The van der Waals surface area contributed by atoms with Crippen molar-refractivity contribution >= 4 is 5.82 Å². The van der Waals surface area contributed by atoms with Gasteiger partial charge in [0, 0.05) is 18.2 Å². The fourth-order valence-electron chi connectivity index (χ4n) is 1.72. The van der Waals surface area contributed by atoms with Gasteiger partial charge >= 0.3 is 0 Å². The number of hydrogen-bond acceptors (Lipinski definition) is 5. The predicted octanol–water partition coefficient (Wildman–Crippen LogP) is 1.05. The van der Waals surface area contributed by atoms with Crippen LogP contribution in [0.1, 0.15) is 30.3 Å². The van der Waals surface area contributed by atoms with Crippen LogP contribution in [-0.4, -0.2) is 19.9 Å². The first-order valence-corrected chi connectivity index (χ1v) is 5.91. The minimum atomic E-state index is -0.114. The Balaban J connectivity index is 1.74. The van der Waals surface area contributed by atoms with Gasteiger partial charge in [0.2, 0.25) is 0 Å². The average molecular weight is 243 g/mol. The van der Waals surface area contributed by atoms with Crippen molar-refractivity contribution in [3.8, 4) is 0 Å². The van der Waals surface area contributed by atoms with Crippen molar-refractivity contribution in [3.63, 3.8) is 0 Å². The molecule has 2 heterocycles. The van der Waals surface area contributed by atoms with Crippen LogP contribution in [0, 0.1) is 0 Å². The highest BCUT2D eigenvalue weighted by molar-refractivity contribution is 5.34. The van der Waals surface area contributed by atoms with Crippen molar-refractivity contribution in [1.29, 1.82) is 0 Å². The lowest BCUT2D eigenvalue weighted by Gasteiger charge is -2.06. The summed E-state index contributed by atoms with van der Waals surface area (Å²) in [5.41, 5.74) is 0.747. The molecule has 0 unspecified atom stereocenters. The second-order valence-corrected chi connectivity index (χ2v) is 4.34. The summed E-state index contributed by atoms with van der Waals surface area (Å²) in [7, 11) is 0. The van der Waals surface area contributed by atoms with E-state index in [2.05, 4.69) is 25.3 Å². The van der Waals surface area contributed by atoms with Crippen molar-refractivity contribution in [2.75, 3.05) is 5.32 Å². The lowest BCUT2D eigenvalue weighted by molar-refractivity contribution is 0.898. The van der Waals surface area contributed by atoms with Gasteiger partial charge in [0.1, 0.15) is 18.0 Å². The lowest BCUT2D eigenvalue weighted by atomic mass is 10.3. The number of H-pyrrole nitrogens is 1. The zero-order valence-corrected chi connectivity index (χ0v) is 9.76. The zero-order chi connectivity index (χ0) is 12.4. The number of nitrogens with one attached hydrogen (secondary N) is 2. The minimum absolute atomic E-state index is 0.114. The van der Waals surface area contributed by atoms with Crippen LogP contribution < -0.4 is 10.9 Å². The highest BCUT2D eigenvalue weighted by Crippen LogP contribution is 2.37. The highest BCUT2D eigenvalue weighted by Gasteiger charge is 2.26.